The molecule has 0 spiro atoms. The number of hydrogen-bond donors (Lipinski definition) is 1. The Balaban J connectivity index is 1.78. The first kappa shape index (κ1) is 18.5. The minimum atomic E-state index is -0.550. The van der Waals surface area contributed by atoms with Crippen LogP contribution in [0.1, 0.15) is 25.0 Å². The maximum absolute atomic E-state index is 12.5. The number of nitrogens with zero attached hydrogens (tertiary/aromatic N) is 3. The molecule has 0 bridgehead atoms. The number of aryl methyl sites for hydroxylation is 2. The molecule has 0 fully saturated rings. The van der Waals surface area contributed by atoms with Crippen molar-refractivity contribution in [2.45, 2.75) is 33.2 Å². The van der Waals surface area contributed by atoms with Crippen LogP contribution in [0.4, 0.5) is 5.69 Å². The van der Waals surface area contributed by atoms with E-state index in [0.29, 0.717) is 5.69 Å². The van der Waals surface area contributed by atoms with Gasteiger partial charge in [0.1, 0.15) is 6.54 Å². The van der Waals surface area contributed by atoms with E-state index in [4.69, 9.17) is 0 Å². The molecule has 0 saturated carbocycles. The first-order chi connectivity index (χ1) is 13.1. The summed E-state index contributed by atoms with van der Waals surface area (Å²) in [5.74, 6) is -0.297. The van der Waals surface area contributed by atoms with Crippen LogP contribution in [-0.4, -0.2) is 20.7 Å². The number of carbonyl (C=O) groups is 1. The second-order valence-electron chi connectivity index (χ2n) is 6.15. The van der Waals surface area contributed by atoms with Crippen LogP contribution >= 0.6 is 0 Å². The van der Waals surface area contributed by atoms with Gasteiger partial charge in [-0.2, -0.15) is 10.1 Å². The lowest BCUT2D eigenvalue weighted by atomic mass is 10.0. The molecule has 1 aromatic heterocycles. The fourth-order valence-electron chi connectivity index (χ4n) is 2.94. The molecule has 0 aliphatic heterocycles. The number of benzene rings is 2. The number of carbonyl (C=O) groups excluding carboxylic acids is 1. The van der Waals surface area contributed by atoms with Gasteiger partial charge < -0.3 is 5.32 Å². The van der Waals surface area contributed by atoms with Crippen molar-refractivity contribution in [2.24, 2.45) is 0 Å². The minimum absolute atomic E-state index is 0.178. The van der Waals surface area contributed by atoms with Gasteiger partial charge in [-0.1, -0.05) is 62.4 Å². The number of anilines is 1. The summed E-state index contributed by atoms with van der Waals surface area (Å²) in [4.78, 5) is 28.8. The highest BCUT2D eigenvalue weighted by Gasteiger charge is 2.12. The molecule has 6 heteroatoms. The Kier molecular flexibility index (Phi) is 5.76. The molecule has 1 amide bonds. The Morgan fingerprint density at radius 1 is 1.00 bits per heavy atom. The Hall–Kier alpha value is -3.28. The van der Waals surface area contributed by atoms with Crippen molar-refractivity contribution in [1.29, 1.82) is 0 Å². The summed E-state index contributed by atoms with van der Waals surface area (Å²) in [5, 5.41) is 7.04. The van der Waals surface area contributed by atoms with Crippen LogP contribution in [-0.2, 0) is 24.2 Å². The maximum Gasteiger partial charge on any atom is 0.365 e. The molecule has 0 radical (unpaired) electrons. The van der Waals surface area contributed by atoms with Crippen LogP contribution in [0.15, 0.2) is 59.5 Å². The van der Waals surface area contributed by atoms with Crippen molar-refractivity contribution in [3.05, 3.63) is 76.3 Å². The monoisotopic (exact) mass is 362 g/mol. The van der Waals surface area contributed by atoms with Crippen molar-refractivity contribution in [1.82, 2.24) is 14.8 Å². The van der Waals surface area contributed by atoms with Crippen LogP contribution in [0.25, 0.3) is 11.3 Å². The Morgan fingerprint density at radius 2 is 1.67 bits per heavy atom. The summed E-state index contributed by atoms with van der Waals surface area (Å²) in [7, 11) is 0. The van der Waals surface area contributed by atoms with Crippen LogP contribution in [0.2, 0.25) is 0 Å². The molecule has 3 rings (SSSR count). The number of amides is 1. The maximum atomic E-state index is 12.5. The predicted molar refractivity (Wildman–Crippen MR) is 106 cm³/mol. The van der Waals surface area contributed by atoms with Gasteiger partial charge in [0.05, 0.1) is 11.9 Å². The number of rotatable bonds is 6. The lowest BCUT2D eigenvalue weighted by Gasteiger charge is -2.14. The largest absolute Gasteiger partial charge is 0.365 e. The second-order valence-corrected chi connectivity index (χ2v) is 6.15. The van der Waals surface area contributed by atoms with Crippen LogP contribution < -0.4 is 11.0 Å². The highest BCUT2D eigenvalue weighted by atomic mass is 16.2. The number of nitrogens with one attached hydrogen (secondary N) is 1. The van der Waals surface area contributed by atoms with Gasteiger partial charge in [0.25, 0.3) is 0 Å². The molecule has 27 heavy (non-hydrogen) atoms. The molecule has 0 atom stereocenters. The second kappa shape index (κ2) is 8.40. The van der Waals surface area contributed by atoms with Crippen molar-refractivity contribution < 1.29 is 4.79 Å². The Labute approximate surface area is 157 Å². The lowest BCUT2D eigenvalue weighted by molar-refractivity contribution is -0.117. The van der Waals surface area contributed by atoms with Crippen molar-refractivity contribution in [3.63, 3.8) is 0 Å². The third-order valence-corrected chi connectivity index (χ3v) is 4.38. The molecule has 0 aliphatic rings. The van der Waals surface area contributed by atoms with Gasteiger partial charge in [-0.05, 0) is 24.0 Å². The van der Waals surface area contributed by atoms with E-state index >= 15 is 0 Å². The standard InChI is InChI=1S/C21H22N4O2/c1-3-15-11-8-12-16(4-2)20(15)24-19(26)14-25-21(27)23-18(13-22-25)17-9-6-5-7-10-17/h5-13H,3-4,14H2,1-2H3,(H,24,26). The molecule has 1 heterocycles. The van der Waals surface area contributed by atoms with E-state index in [1.54, 1.807) is 0 Å². The minimum Gasteiger partial charge on any atom is -0.324 e. The molecule has 3 aromatic rings. The smallest absolute Gasteiger partial charge is 0.324 e. The highest BCUT2D eigenvalue weighted by molar-refractivity contribution is 5.92. The molecular formula is C21H22N4O2. The molecule has 0 saturated heterocycles. The first-order valence-electron chi connectivity index (χ1n) is 9.02. The topological polar surface area (TPSA) is 76.9 Å². The zero-order valence-electron chi connectivity index (χ0n) is 15.5. The van der Waals surface area contributed by atoms with E-state index < -0.39 is 5.69 Å². The number of hydrogen-bond acceptors (Lipinski definition) is 4. The molecule has 0 unspecified atom stereocenters. The van der Waals surface area contributed by atoms with Gasteiger partial charge in [0.2, 0.25) is 5.91 Å². The van der Waals surface area contributed by atoms with E-state index in [-0.39, 0.29) is 12.5 Å². The summed E-state index contributed by atoms with van der Waals surface area (Å²) in [6, 6.07) is 15.3. The van der Waals surface area contributed by atoms with Gasteiger partial charge in [0, 0.05) is 11.3 Å². The number of aromatic nitrogens is 3. The average Bonchev–Trinajstić information content (AvgIpc) is 2.70. The van der Waals surface area contributed by atoms with Gasteiger partial charge in [-0.25, -0.2) is 9.48 Å². The Bertz CT molecular complexity index is 974. The van der Waals surface area contributed by atoms with E-state index in [2.05, 4.69) is 15.4 Å². The molecule has 0 aliphatic carbocycles. The average molecular weight is 362 g/mol. The fourth-order valence-corrected chi connectivity index (χ4v) is 2.94. The van der Waals surface area contributed by atoms with Crippen molar-refractivity contribution >= 4 is 11.6 Å². The summed E-state index contributed by atoms with van der Waals surface area (Å²) in [6.45, 7) is 3.91. The van der Waals surface area contributed by atoms with Crippen LogP contribution in [0, 0.1) is 0 Å². The molecular weight excluding hydrogens is 340 g/mol. The van der Waals surface area contributed by atoms with Crippen molar-refractivity contribution in [3.8, 4) is 11.3 Å². The highest BCUT2D eigenvalue weighted by Crippen LogP contribution is 2.22. The predicted octanol–water partition coefficient (Wildman–Crippen LogP) is 3.07. The van der Waals surface area contributed by atoms with Crippen molar-refractivity contribution in [2.75, 3.05) is 5.32 Å². The summed E-state index contributed by atoms with van der Waals surface area (Å²) in [5.41, 5.74) is 3.71. The third kappa shape index (κ3) is 4.28. The third-order valence-electron chi connectivity index (χ3n) is 4.38. The van der Waals surface area contributed by atoms with E-state index in [1.807, 2.05) is 62.4 Å². The quantitative estimate of drug-likeness (QED) is 0.731. The first-order valence-corrected chi connectivity index (χ1v) is 9.02. The van der Waals surface area contributed by atoms with Crippen LogP contribution in [0.5, 0.6) is 0 Å². The lowest BCUT2D eigenvalue weighted by Crippen LogP contribution is -2.31. The van der Waals surface area contributed by atoms with Gasteiger partial charge in [-0.3, -0.25) is 4.79 Å². The Morgan fingerprint density at radius 3 is 2.26 bits per heavy atom. The zero-order chi connectivity index (χ0) is 19.2. The molecule has 138 valence electrons. The number of para-hydroxylation sites is 1. The summed E-state index contributed by atoms with van der Waals surface area (Å²) >= 11 is 0. The molecule has 2 aromatic carbocycles. The molecule has 6 nitrogen and oxygen atoms in total. The summed E-state index contributed by atoms with van der Waals surface area (Å²) < 4.78 is 1.07. The van der Waals surface area contributed by atoms with Gasteiger partial charge >= 0.3 is 5.69 Å². The summed E-state index contributed by atoms with van der Waals surface area (Å²) in [6.07, 6.45) is 3.13. The zero-order valence-corrected chi connectivity index (χ0v) is 15.5. The SMILES string of the molecule is CCc1cccc(CC)c1NC(=O)Cn1ncc(-c2ccccc2)nc1=O. The van der Waals surface area contributed by atoms with E-state index in [0.717, 1.165) is 39.9 Å². The van der Waals surface area contributed by atoms with E-state index in [9.17, 15) is 9.59 Å². The fraction of sp³-hybridized carbons (Fsp3) is 0.238. The van der Waals surface area contributed by atoms with Crippen LogP contribution in [0.3, 0.4) is 0 Å². The normalized spacial score (nSPS) is 10.6. The molecule has 1 N–H and O–H groups in total. The van der Waals surface area contributed by atoms with Gasteiger partial charge in [-0.15, -0.1) is 0 Å². The van der Waals surface area contributed by atoms with Gasteiger partial charge in [0.15, 0.2) is 0 Å². The van der Waals surface area contributed by atoms with E-state index in [1.165, 1.54) is 6.20 Å².